The van der Waals surface area contributed by atoms with E-state index in [9.17, 15) is 0 Å². The Morgan fingerprint density at radius 2 is 0.889 bits per heavy atom. The van der Waals surface area contributed by atoms with Gasteiger partial charge in [-0.2, -0.15) is 12.7 Å². The molecule has 6 heteroatoms. The molecule has 2 heterocycles. The van der Waals surface area contributed by atoms with Gasteiger partial charge in [-0.25, -0.2) is 0 Å². The van der Waals surface area contributed by atoms with Crippen molar-refractivity contribution in [2.24, 2.45) is 0 Å². The van der Waals surface area contributed by atoms with E-state index >= 15 is 0 Å². The second kappa shape index (κ2) is 12.8. The van der Waals surface area contributed by atoms with E-state index in [1.807, 2.05) is 0 Å². The van der Waals surface area contributed by atoms with E-state index < -0.39 is 0 Å². The third kappa shape index (κ3) is 5.39. The molecule has 0 saturated carbocycles. The van der Waals surface area contributed by atoms with E-state index in [0.29, 0.717) is 0 Å². The molecule has 0 amide bonds. The third-order valence-electron chi connectivity index (χ3n) is 8.17. The topological polar surface area (TPSA) is 13.0 Å². The number of para-hydroxylation sites is 5. The van der Waals surface area contributed by atoms with Crippen molar-refractivity contribution in [2.45, 2.75) is 0 Å². The van der Waals surface area contributed by atoms with Gasteiger partial charge in [-0.3, -0.25) is 0 Å². The molecule has 6 aromatic rings. The molecule has 2 aliphatic rings. The minimum atomic E-state index is 0.978. The SMILES string of the molecule is CN1[CH-]N(c2[c-]c(N3[CH-]N(c4c(-c5ccccc5)cccc4-c4ccccc4)c4ccccc43)ccc2)c2ccccc21.[Cl][Pt]. The second-order valence-electron chi connectivity index (χ2n) is 10.8. The van der Waals surface area contributed by atoms with Gasteiger partial charge >= 0.3 is 28.2 Å². The van der Waals surface area contributed by atoms with Crippen LogP contribution in [-0.4, -0.2) is 7.05 Å². The molecule has 0 atom stereocenters. The van der Waals surface area contributed by atoms with Gasteiger partial charge in [0.1, 0.15) is 0 Å². The monoisotopic (exact) mass is 783 g/mol. The summed E-state index contributed by atoms with van der Waals surface area (Å²) < 4.78 is 0. The van der Waals surface area contributed by atoms with Crippen LogP contribution in [0.25, 0.3) is 22.3 Å². The summed E-state index contributed by atoms with van der Waals surface area (Å²) in [5.74, 6) is 0. The second-order valence-corrected chi connectivity index (χ2v) is 10.8. The molecule has 2 aliphatic heterocycles. The van der Waals surface area contributed by atoms with E-state index in [4.69, 9.17) is 0 Å². The van der Waals surface area contributed by atoms with Crippen LogP contribution in [0.5, 0.6) is 0 Å². The minimum absolute atomic E-state index is 0.978. The van der Waals surface area contributed by atoms with Crippen LogP contribution in [0.2, 0.25) is 0 Å². The molecule has 0 radical (unpaired) electrons. The van der Waals surface area contributed by atoms with Crippen LogP contribution >= 0.6 is 9.42 Å². The van der Waals surface area contributed by atoms with Crippen molar-refractivity contribution in [1.82, 2.24) is 0 Å². The van der Waals surface area contributed by atoms with Crippen LogP contribution in [-0.2, 0) is 18.8 Å². The molecule has 0 aliphatic carbocycles. The maximum atomic E-state index is 4.61. The van der Waals surface area contributed by atoms with Crippen molar-refractivity contribution in [3.05, 3.63) is 165 Å². The van der Waals surface area contributed by atoms with Crippen molar-refractivity contribution >= 4 is 49.2 Å². The van der Waals surface area contributed by atoms with Crippen molar-refractivity contribution in [2.75, 3.05) is 26.6 Å². The van der Waals surface area contributed by atoms with Gasteiger partial charge in [-0.1, -0.05) is 103 Å². The fraction of sp³-hybridized carbons (Fsp3) is 0.0256. The fourth-order valence-corrected chi connectivity index (χ4v) is 6.17. The Balaban J connectivity index is 0.00000160. The molecular formula is C39H29ClN4Pt-3. The summed E-state index contributed by atoms with van der Waals surface area (Å²) in [5, 5.41) is 0. The Bertz CT molecular complexity index is 1870. The number of hydrogen-bond donors (Lipinski definition) is 0. The van der Waals surface area contributed by atoms with Crippen LogP contribution in [0, 0.1) is 19.4 Å². The number of rotatable bonds is 5. The number of anilines is 7. The number of hydrogen-bond acceptors (Lipinski definition) is 4. The van der Waals surface area contributed by atoms with Crippen molar-refractivity contribution in [1.29, 1.82) is 0 Å². The third-order valence-corrected chi connectivity index (χ3v) is 8.17. The van der Waals surface area contributed by atoms with E-state index in [-0.39, 0.29) is 0 Å². The zero-order valence-corrected chi connectivity index (χ0v) is 27.5. The summed E-state index contributed by atoms with van der Waals surface area (Å²) in [6.45, 7) is 4.33. The van der Waals surface area contributed by atoms with Crippen LogP contribution < -0.4 is 19.6 Å². The molecule has 45 heavy (non-hydrogen) atoms. The molecular weight excluding hydrogens is 755 g/mol. The van der Waals surface area contributed by atoms with E-state index in [1.54, 1.807) is 18.8 Å². The summed E-state index contributed by atoms with van der Waals surface area (Å²) in [5.41, 5.74) is 12.4. The quantitative estimate of drug-likeness (QED) is 0.162. The van der Waals surface area contributed by atoms with Gasteiger partial charge in [0.2, 0.25) is 0 Å². The molecule has 0 saturated heterocycles. The summed E-state index contributed by atoms with van der Waals surface area (Å²) in [6, 6.07) is 55.1. The van der Waals surface area contributed by atoms with Crippen LogP contribution in [0.15, 0.2) is 146 Å². The molecule has 0 spiro atoms. The average Bonchev–Trinajstić information content (AvgIpc) is 3.68. The van der Waals surface area contributed by atoms with E-state index in [1.165, 1.54) is 27.9 Å². The van der Waals surface area contributed by atoms with Gasteiger partial charge in [0.05, 0.1) is 0 Å². The molecule has 0 unspecified atom stereocenters. The van der Waals surface area contributed by atoms with Crippen LogP contribution in [0.3, 0.4) is 0 Å². The van der Waals surface area contributed by atoms with Gasteiger partial charge in [0, 0.05) is 39.6 Å². The first-order chi connectivity index (χ1) is 22.3. The maximum absolute atomic E-state index is 4.61. The standard InChI is InChI=1S/C39H29N4.ClH.Pt/c1-40-27-41(36-23-9-8-22-35(36)40)31-18-12-19-32(26-31)42-28-43(38-25-11-10-24-37(38)42)39-33(29-14-4-2-5-15-29)20-13-21-34(39)30-16-6-3-7-17-30;;/h2-25,27-28H,1H3;1H;/q-3;;+1/p-1. The summed E-state index contributed by atoms with van der Waals surface area (Å²) in [7, 11) is 6.69. The zero-order valence-electron chi connectivity index (χ0n) is 24.5. The Hall–Kier alpha value is -4.50. The first-order valence-corrected chi connectivity index (χ1v) is 17.4. The average molecular weight is 784 g/mol. The summed E-state index contributed by atoms with van der Waals surface area (Å²) in [4.78, 5) is 8.95. The molecule has 0 N–H and O–H groups in total. The van der Waals surface area contributed by atoms with Gasteiger partial charge in [0.15, 0.2) is 0 Å². The zero-order chi connectivity index (χ0) is 30.8. The molecule has 0 aromatic heterocycles. The predicted octanol–water partition coefficient (Wildman–Crippen LogP) is 10.6. The van der Waals surface area contributed by atoms with Crippen LogP contribution in [0.4, 0.5) is 39.8 Å². The molecule has 6 aromatic carbocycles. The van der Waals surface area contributed by atoms with Gasteiger partial charge in [-0.05, 0) is 42.4 Å². The predicted molar refractivity (Wildman–Crippen MR) is 185 cm³/mol. The summed E-state index contributed by atoms with van der Waals surface area (Å²) in [6.07, 6.45) is 0. The fourth-order valence-electron chi connectivity index (χ4n) is 6.17. The van der Waals surface area contributed by atoms with Crippen molar-refractivity contribution < 1.29 is 18.8 Å². The molecule has 4 nitrogen and oxygen atoms in total. The number of benzene rings is 6. The number of nitrogens with zero attached hydrogens (tertiary/aromatic N) is 4. The Kier molecular flexibility index (Phi) is 8.34. The number of halogens is 1. The van der Waals surface area contributed by atoms with Crippen molar-refractivity contribution in [3.63, 3.8) is 0 Å². The first-order valence-electron chi connectivity index (χ1n) is 14.6. The molecule has 0 bridgehead atoms. The molecule has 225 valence electrons. The first kappa shape index (κ1) is 29.2. The Morgan fingerprint density at radius 3 is 1.44 bits per heavy atom. The van der Waals surface area contributed by atoms with Crippen molar-refractivity contribution in [3.8, 4) is 22.3 Å². The number of fused-ring (bicyclic) bond motifs is 2. The van der Waals surface area contributed by atoms with Gasteiger partial charge < -0.3 is 19.6 Å². The Morgan fingerprint density at radius 1 is 0.467 bits per heavy atom. The molecule has 0 fully saturated rings. The van der Waals surface area contributed by atoms with E-state index in [0.717, 1.165) is 34.1 Å². The van der Waals surface area contributed by atoms with Gasteiger partial charge in [-0.15, -0.1) is 36.2 Å². The normalized spacial score (nSPS) is 13.3. The van der Waals surface area contributed by atoms with Crippen LogP contribution in [0.1, 0.15) is 0 Å². The van der Waals surface area contributed by atoms with E-state index in [2.05, 4.69) is 201 Å². The molecule has 8 rings (SSSR count). The summed E-state index contributed by atoms with van der Waals surface area (Å²) >= 11 is 1.61. The van der Waals surface area contributed by atoms with Gasteiger partial charge in [0.25, 0.3) is 0 Å². The Labute approximate surface area is 280 Å².